The zero-order chi connectivity index (χ0) is 12.3. The standard InChI is InChI=1S/C14H15NOS/c1-3-11-6-4-5-7-12(11)15-14(16)13-10(2)8-9-17-13/h4-9H,3H2,1-2H3,(H,15,16). The van der Waals surface area contributed by atoms with Gasteiger partial charge in [-0.25, -0.2) is 0 Å². The van der Waals surface area contributed by atoms with Crippen molar-refractivity contribution in [1.82, 2.24) is 0 Å². The van der Waals surface area contributed by atoms with Crippen LogP contribution >= 0.6 is 11.3 Å². The Balaban J connectivity index is 2.22. The number of nitrogens with one attached hydrogen (secondary N) is 1. The van der Waals surface area contributed by atoms with Crippen LogP contribution in [-0.2, 0) is 6.42 Å². The molecule has 2 aromatic rings. The van der Waals surface area contributed by atoms with Crippen molar-refractivity contribution in [3.8, 4) is 0 Å². The quantitative estimate of drug-likeness (QED) is 0.873. The fourth-order valence-corrected chi connectivity index (χ4v) is 2.56. The molecule has 2 nitrogen and oxygen atoms in total. The van der Waals surface area contributed by atoms with E-state index in [-0.39, 0.29) is 5.91 Å². The van der Waals surface area contributed by atoms with Crippen LogP contribution in [0.2, 0.25) is 0 Å². The van der Waals surface area contributed by atoms with Crippen molar-refractivity contribution in [3.05, 3.63) is 51.7 Å². The van der Waals surface area contributed by atoms with Crippen molar-refractivity contribution in [2.75, 3.05) is 5.32 Å². The van der Waals surface area contributed by atoms with Crippen molar-refractivity contribution in [2.45, 2.75) is 20.3 Å². The third-order valence-electron chi connectivity index (χ3n) is 2.71. The predicted molar refractivity (Wildman–Crippen MR) is 72.8 cm³/mol. The van der Waals surface area contributed by atoms with Crippen LogP contribution in [0.4, 0.5) is 5.69 Å². The Bertz CT molecular complexity index is 531. The van der Waals surface area contributed by atoms with Gasteiger partial charge in [0.15, 0.2) is 0 Å². The second-order valence-electron chi connectivity index (χ2n) is 3.90. The maximum Gasteiger partial charge on any atom is 0.266 e. The normalized spacial score (nSPS) is 10.2. The van der Waals surface area contributed by atoms with Crippen molar-refractivity contribution in [3.63, 3.8) is 0 Å². The number of hydrogen-bond donors (Lipinski definition) is 1. The molecule has 0 aliphatic heterocycles. The minimum absolute atomic E-state index is 0.0154. The first kappa shape index (κ1) is 11.9. The Kier molecular flexibility index (Phi) is 3.59. The zero-order valence-corrected chi connectivity index (χ0v) is 10.8. The van der Waals surface area contributed by atoms with Crippen molar-refractivity contribution < 1.29 is 4.79 Å². The molecule has 0 saturated heterocycles. The SMILES string of the molecule is CCc1ccccc1NC(=O)c1sccc1C. The summed E-state index contributed by atoms with van der Waals surface area (Å²) in [6.07, 6.45) is 0.917. The molecule has 88 valence electrons. The molecule has 0 bridgehead atoms. The average Bonchev–Trinajstić information content (AvgIpc) is 2.76. The smallest absolute Gasteiger partial charge is 0.266 e. The van der Waals surface area contributed by atoms with Gasteiger partial charge in [0.2, 0.25) is 0 Å². The van der Waals surface area contributed by atoms with Gasteiger partial charge in [-0.05, 0) is 42.0 Å². The summed E-state index contributed by atoms with van der Waals surface area (Å²) in [6.45, 7) is 4.04. The number of anilines is 1. The highest BCUT2D eigenvalue weighted by atomic mass is 32.1. The lowest BCUT2D eigenvalue weighted by Gasteiger charge is -2.09. The number of benzene rings is 1. The molecular formula is C14H15NOS. The fraction of sp³-hybridized carbons (Fsp3) is 0.214. The lowest BCUT2D eigenvalue weighted by atomic mass is 10.1. The maximum atomic E-state index is 12.1. The third kappa shape index (κ3) is 2.56. The second-order valence-corrected chi connectivity index (χ2v) is 4.81. The molecular weight excluding hydrogens is 230 g/mol. The van der Waals surface area contributed by atoms with Crippen LogP contribution in [0, 0.1) is 6.92 Å². The molecule has 17 heavy (non-hydrogen) atoms. The van der Waals surface area contributed by atoms with E-state index >= 15 is 0 Å². The van der Waals surface area contributed by atoms with Gasteiger partial charge in [0.05, 0.1) is 4.88 Å². The number of para-hydroxylation sites is 1. The summed E-state index contributed by atoms with van der Waals surface area (Å²) in [7, 11) is 0. The average molecular weight is 245 g/mol. The minimum atomic E-state index is -0.0154. The van der Waals surface area contributed by atoms with Gasteiger partial charge in [0, 0.05) is 5.69 Å². The van der Waals surface area contributed by atoms with Crippen LogP contribution in [0.5, 0.6) is 0 Å². The van der Waals surface area contributed by atoms with Gasteiger partial charge in [0.1, 0.15) is 0 Å². The molecule has 2 rings (SSSR count). The number of carbonyl (C=O) groups is 1. The van der Waals surface area contributed by atoms with Gasteiger partial charge in [-0.1, -0.05) is 25.1 Å². The molecule has 1 N–H and O–H groups in total. The lowest BCUT2D eigenvalue weighted by Crippen LogP contribution is -2.12. The van der Waals surface area contributed by atoms with Crippen LogP contribution in [0.15, 0.2) is 35.7 Å². The van der Waals surface area contributed by atoms with Gasteiger partial charge in [-0.3, -0.25) is 4.79 Å². The first-order valence-electron chi connectivity index (χ1n) is 5.65. The minimum Gasteiger partial charge on any atom is -0.321 e. The van der Waals surface area contributed by atoms with E-state index in [1.165, 1.54) is 11.3 Å². The van der Waals surface area contributed by atoms with E-state index in [1.807, 2.05) is 42.6 Å². The largest absolute Gasteiger partial charge is 0.321 e. The molecule has 0 spiro atoms. The topological polar surface area (TPSA) is 29.1 Å². The Labute approximate surface area is 105 Å². The summed E-state index contributed by atoms with van der Waals surface area (Å²) in [5.41, 5.74) is 3.10. The molecule has 1 amide bonds. The highest BCUT2D eigenvalue weighted by Gasteiger charge is 2.11. The van der Waals surface area contributed by atoms with Gasteiger partial charge in [-0.2, -0.15) is 0 Å². The number of thiophene rings is 1. The maximum absolute atomic E-state index is 12.1. The summed E-state index contributed by atoms with van der Waals surface area (Å²) >= 11 is 1.48. The van der Waals surface area contributed by atoms with Crippen LogP contribution in [0.3, 0.4) is 0 Å². The fourth-order valence-electron chi connectivity index (χ4n) is 1.73. The highest BCUT2D eigenvalue weighted by Crippen LogP contribution is 2.20. The molecule has 1 heterocycles. The molecule has 0 radical (unpaired) electrons. The Hall–Kier alpha value is -1.61. The molecule has 0 fully saturated rings. The third-order valence-corrected chi connectivity index (χ3v) is 3.73. The van der Waals surface area contributed by atoms with Gasteiger partial charge >= 0.3 is 0 Å². The van der Waals surface area contributed by atoms with E-state index in [0.717, 1.165) is 28.1 Å². The number of amides is 1. The van der Waals surface area contributed by atoms with Gasteiger partial charge < -0.3 is 5.32 Å². The first-order valence-corrected chi connectivity index (χ1v) is 6.53. The number of aryl methyl sites for hydroxylation is 2. The Morgan fingerprint density at radius 3 is 2.71 bits per heavy atom. The summed E-state index contributed by atoms with van der Waals surface area (Å²) in [4.78, 5) is 12.9. The molecule has 0 aliphatic rings. The molecule has 1 aromatic carbocycles. The summed E-state index contributed by atoms with van der Waals surface area (Å²) < 4.78 is 0. The van der Waals surface area contributed by atoms with E-state index in [1.54, 1.807) is 0 Å². The van der Waals surface area contributed by atoms with Gasteiger partial charge in [-0.15, -0.1) is 11.3 Å². The van der Waals surface area contributed by atoms with Crippen molar-refractivity contribution in [2.24, 2.45) is 0 Å². The number of carbonyl (C=O) groups excluding carboxylic acids is 1. The Morgan fingerprint density at radius 2 is 2.06 bits per heavy atom. The van der Waals surface area contributed by atoms with E-state index in [4.69, 9.17) is 0 Å². The van der Waals surface area contributed by atoms with Crippen LogP contribution < -0.4 is 5.32 Å². The van der Waals surface area contributed by atoms with Gasteiger partial charge in [0.25, 0.3) is 5.91 Å². The molecule has 0 atom stereocenters. The van der Waals surface area contributed by atoms with Crippen LogP contribution in [0.1, 0.15) is 27.7 Å². The zero-order valence-electron chi connectivity index (χ0n) is 9.99. The molecule has 1 aromatic heterocycles. The lowest BCUT2D eigenvalue weighted by molar-refractivity contribution is 0.103. The molecule has 3 heteroatoms. The summed E-state index contributed by atoms with van der Waals surface area (Å²) in [5, 5.41) is 4.92. The summed E-state index contributed by atoms with van der Waals surface area (Å²) in [6, 6.07) is 9.88. The van der Waals surface area contributed by atoms with Crippen molar-refractivity contribution >= 4 is 22.9 Å². The highest BCUT2D eigenvalue weighted by molar-refractivity contribution is 7.12. The van der Waals surface area contributed by atoms with E-state index < -0.39 is 0 Å². The number of rotatable bonds is 3. The van der Waals surface area contributed by atoms with Crippen LogP contribution in [-0.4, -0.2) is 5.91 Å². The van der Waals surface area contributed by atoms with Crippen LogP contribution in [0.25, 0.3) is 0 Å². The summed E-state index contributed by atoms with van der Waals surface area (Å²) in [5.74, 6) is -0.0154. The van der Waals surface area contributed by atoms with E-state index in [2.05, 4.69) is 12.2 Å². The number of hydrogen-bond acceptors (Lipinski definition) is 2. The predicted octanol–water partition coefficient (Wildman–Crippen LogP) is 3.87. The monoisotopic (exact) mass is 245 g/mol. The molecule has 0 aliphatic carbocycles. The Morgan fingerprint density at radius 1 is 1.29 bits per heavy atom. The molecule has 0 unspecified atom stereocenters. The van der Waals surface area contributed by atoms with E-state index in [0.29, 0.717) is 0 Å². The first-order chi connectivity index (χ1) is 8.22. The second kappa shape index (κ2) is 5.15. The van der Waals surface area contributed by atoms with E-state index in [9.17, 15) is 4.79 Å². The molecule has 0 saturated carbocycles. The van der Waals surface area contributed by atoms with Crippen molar-refractivity contribution in [1.29, 1.82) is 0 Å².